The number of amides is 1. The quantitative estimate of drug-likeness (QED) is 0.671. The van der Waals surface area contributed by atoms with Crippen molar-refractivity contribution in [1.29, 1.82) is 0 Å². The zero-order valence-electron chi connectivity index (χ0n) is 14.8. The first-order valence-corrected chi connectivity index (χ1v) is 8.61. The van der Waals surface area contributed by atoms with Crippen molar-refractivity contribution in [3.8, 4) is 0 Å². The van der Waals surface area contributed by atoms with Gasteiger partial charge in [-0.1, -0.05) is 30.3 Å². The Morgan fingerprint density at radius 1 is 1.04 bits per heavy atom. The second-order valence-electron chi connectivity index (χ2n) is 5.80. The predicted molar refractivity (Wildman–Crippen MR) is 107 cm³/mol. The maximum Gasteiger partial charge on any atom is 0.251 e. The van der Waals surface area contributed by atoms with Gasteiger partial charge in [0.15, 0.2) is 0 Å². The first kappa shape index (κ1) is 21.0. The fourth-order valence-corrected chi connectivity index (χ4v) is 2.59. The number of anilines is 1. The summed E-state index contributed by atoms with van der Waals surface area (Å²) in [6, 6.07) is 18.2. The van der Waals surface area contributed by atoms with Crippen LogP contribution in [0.2, 0.25) is 0 Å². The third kappa shape index (κ3) is 6.77. The molecule has 0 aliphatic rings. The number of benzene rings is 2. The van der Waals surface area contributed by atoms with E-state index < -0.39 is 0 Å². The van der Waals surface area contributed by atoms with Gasteiger partial charge in [0.1, 0.15) is 0 Å². The van der Waals surface area contributed by atoms with Gasteiger partial charge in [-0.15, -0.1) is 12.4 Å². The zero-order valence-corrected chi connectivity index (χ0v) is 15.6. The first-order valence-electron chi connectivity index (χ1n) is 8.61. The summed E-state index contributed by atoms with van der Waals surface area (Å²) in [5.41, 5.74) is 8.55. The van der Waals surface area contributed by atoms with Crippen LogP contribution < -0.4 is 16.0 Å². The van der Waals surface area contributed by atoms with Gasteiger partial charge in [-0.05, 0) is 56.1 Å². The molecular formula is C20H28ClN3O. The van der Waals surface area contributed by atoms with Crippen LogP contribution in [0.3, 0.4) is 0 Å². The first-order chi connectivity index (χ1) is 11.7. The Labute approximate surface area is 156 Å². The lowest BCUT2D eigenvalue weighted by atomic mass is 10.1. The molecule has 2 rings (SSSR count). The Bertz CT molecular complexity index is 617. The largest absolute Gasteiger partial charge is 0.367 e. The van der Waals surface area contributed by atoms with E-state index in [1.165, 1.54) is 5.56 Å². The summed E-state index contributed by atoms with van der Waals surface area (Å²) in [6.07, 6.45) is 1.85. The van der Waals surface area contributed by atoms with Crippen molar-refractivity contribution >= 4 is 24.0 Å². The van der Waals surface area contributed by atoms with Crippen LogP contribution in [0.1, 0.15) is 35.7 Å². The molecule has 1 amide bonds. The van der Waals surface area contributed by atoms with Gasteiger partial charge in [0.25, 0.3) is 5.91 Å². The Balaban J connectivity index is 0.00000312. The third-order valence-corrected chi connectivity index (χ3v) is 4.01. The van der Waals surface area contributed by atoms with Crippen molar-refractivity contribution in [3.05, 3.63) is 65.7 Å². The third-order valence-electron chi connectivity index (χ3n) is 4.01. The average Bonchev–Trinajstić information content (AvgIpc) is 2.64. The minimum absolute atomic E-state index is 0. The molecule has 0 bridgehead atoms. The van der Waals surface area contributed by atoms with Crippen LogP contribution in [0, 0.1) is 0 Å². The maximum absolute atomic E-state index is 12.1. The number of rotatable bonds is 9. The van der Waals surface area contributed by atoms with Crippen LogP contribution >= 0.6 is 12.4 Å². The van der Waals surface area contributed by atoms with Crippen LogP contribution in [0.4, 0.5) is 5.69 Å². The molecule has 0 radical (unpaired) electrons. The summed E-state index contributed by atoms with van der Waals surface area (Å²) in [4.78, 5) is 14.4. The summed E-state index contributed by atoms with van der Waals surface area (Å²) in [5, 5.41) is 2.93. The van der Waals surface area contributed by atoms with Gasteiger partial charge in [-0.2, -0.15) is 0 Å². The fraction of sp³-hybridized carbons (Fsp3) is 0.350. The van der Waals surface area contributed by atoms with Gasteiger partial charge in [0.05, 0.1) is 0 Å². The van der Waals surface area contributed by atoms with Crippen molar-refractivity contribution in [2.24, 2.45) is 5.73 Å². The Morgan fingerprint density at radius 3 is 2.32 bits per heavy atom. The molecule has 0 saturated heterocycles. The van der Waals surface area contributed by atoms with E-state index in [-0.39, 0.29) is 18.3 Å². The van der Waals surface area contributed by atoms with Gasteiger partial charge in [-0.3, -0.25) is 4.79 Å². The fourth-order valence-electron chi connectivity index (χ4n) is 2.59. The van der Waals surface area contributed by atoms with E-state index >= 15 is 0 Å². The van der Waals surface area contributed by atoms with Crippen LogP contribution in [0.25, 0.3) is 0 Å². The molecule has 3 N–H and O–H groups in total. The molecule has 0 saturated carbocycles. The van der Waals surface area contributed by atoms with E-state index in [1.807, 2.05) is 30.3 Å². The Kier molecular flexibility index (Phi) is 9.66. The molecule has 0 atom stereocenters. The standard InChI is InChI=1S/C20H27N3O.ClH/c1-2-23(16-17-8-4-3-5-9-17)19-12-10-18(11-13-19)20(24)22-15-7-6-14-21;/h3-5,8-13H,2,6-7,14-16,21H2,1H3,(H,22,24);1H. The zero-order chi connectivity index (χ0) is 17.2. The Morgan fingerprint density at radius 2 is 1.72 bits per heavy atom. The minimum Gasteiger partial charge on any atom is -0.367 e. The van der Waals surface area contributed by atoms with E-state index in [4.69, 9.17) is 5.73 Å². The lowest BCUT2D eigenvalue weighted by Gasteiger charge is -2.23. The molecule has 2 aromatic carbocycles. The van der Waals surface area contributed by atoms with E-state index in [0.29, 0.717) is 18.7 Å². The number of nitrogens with one attached hydrogen (secondary N) is 1. The molecule has 0 heterocycles. The highest BCUT2D eigenvalue weighted by Crippen LogP contribution is 2.18. The molecule has 0 aliphatic heterocycles. The summed E-state index contributed by atoms with van der Waals surface area (Å²) in [6.45, 7) is 5.26. The number of unbranched alkanes of at least 4 members (excludes halogenated alkanes) is 1. The number of carbonyl (C=O) groups is 1. The molecule has 0 spiro atoms. The molecule has 2 aromatic rings. The van der Waals surface area contributed by atoms with E-state index in [0.717, 1.165) is 31.6 Å². The topological polar surface area (TPSA) is 58.4 Å². The highest BCUT2D eigenvalue weighted by Gasteiger charge is 2.08. The normalized spacial score (nSPS) is 10.0. The number of hydrogen-bond donors (Lipinski definition) is 2. The summed E-state index contributed by atoms with van der Waals surface area (Å²) in [5.74, 6) is -0.0234. The molecule has 136 valence electrons. The molecule has 4 nitrogen and oxygen atoms in total. The molecule has 0 aromatic heterocycles. The van der Waals surface area contributed by atoms with Gasteiger partial charge in [0.2, 0.25) is 0 Å². The van der Waals surface area contributed by atoms with Crippen molar-refractivity contribution in [2.75, 3.05) is 24.5 Å². The SMILES string of the molecule is CCN(Cc1ccccc1)c1ccc(C(=O)NCCCCN)cc1.Cl. The number of nitrogens with zero attached hydrogens (tertiary/aromatic N) is 1. The van der Waals surface area contributed by atoms with Gasteiger partial charge < -0.3 is 16.0 Å². The second-order valence-corrected chi connectivity index (χ2v) is 5.80. The number of hydrogen-bond acceptors (Lipinski definition) is 3. The summed E-state index contributed by atoms with van der Waals surface area (Å²) in [7, 11) is 0. The van der Waals surface area contributed by atoms with Gasteiger partial charge in [0, 0.05) is 30.9 Å². The van der Waals surface area contributed by atoms with E-state index in [1.54, 1.807) is 0 Å². The molecule has 5 heteroatoms. The van der Waals surface area contributed by atoms with Crippen molar-refractivity contribution in [3.63, 3.8) is 0 Å². The molecule has 0 unspecified atom stereocenters. The van der Waals surface area contributed by atoms with Crippen LogP contribution in [0.15, 0.2) is 54.6 Å². The minimum atomic E-state index is -0.0234. The van der Waals surface area contributed by atoms with Crippen molar-refractivity contribution in [1.82, 2.24) is 5.32 Å². The predicted octanol–water partition coefficient (Wildman–Crippen LogP) is 3.60. The van der Waals surface area contributed by atoms with E-state index in [9.17, 15) is 4.79 Å². The van der Waals surface area contributed by atoms with Crippen LogP contribution in [0.5, 0.6) is 0 Å². The highest BCUT2D eigenvalue weighted by molar-refractivity contribution is 5.94. The lowest BCUT2D eigenvalue weighted by molar-refractivity contribution is 0.0953. The smallest absolute Gasteiger partial charge is 0.251 e. The molecule has 25 heavy (non-hydrogen) atoms. The molecule has 0 aliphatic carbocycles. The van der Waals surface area contributed by atoms with Crippen LogP contribution in [-0.2, 0) is 6.54 Å². The highest BCUT2D eigenvalue weighted by atomic mass is 35.5. The number of halogens is 1. The Hall–Kier alpha value is -2.04. The van der Waals surface area contributed by atoms with Gasteiger partial charge >= 0.3 is 0 Å². The lowest BCUT2D eigenvalue weighted by Crippen LogP contribution is -2.25. The molecular weight excluding hydrogens is 334 g/mol. The molecule has 0 fully saturated rings. The number of carbonyl (C=O) groups excluding carboxylic acids is 1. The summed E-state index contributed by atoms with van der Waals surface area (Å²) < 4.78 is 0. The van der Waals surface area contributed by atoms with Crippen molar-refractivity contribution < 1.29 is 4.79 Å². The second kappa shape index (κ2) is 11.5. The monoisotopic (exact) mass is 361 g/mol. The van der Waals surface area contributed by atoms with Gasteiger partial charge in [-0.25, -0.2) is 0 Å². The van der Waals surface area contributed by atoms with Crippen molar-refractivity contribution in [2.45, 2.75) is 26.3 Å². The van der Waals surface area contributed by atoms with Crippen LogP contribution in [-0.4, -0.2) is 25.5 Å². The maximum atomic E-state index is 12.1. The van der Waals surface area contributed by atoms with E-state index in [2.05, 4.69) is 41.4 Å². The number of nitrogens with two attached hydrogens (primary N) is 1. The summed E-state index contributed by atoms with van der Waals surface area (Å²) >= 11 is 0. The average molecular weight is 362 g/mol.